The van der Waals surface area contributed by atoms with Crippen LogP contribution >= 0.6 is 0 Å². The second-order valence-corrected chi connectivity index (χ2v) is 6.10. The lowest BCUT2D eigenvalue weighted by molar-refractivity contribution is -0.0603. The van der Waals surface area contributed by atoms with Crippen molar-refractivity contribution in [3.05, 3.63) is 0 Å². The molecule has 102 valence electrons. The van der Waals surface area contributed by atoms with Crippen LogP contribution in [0.5, 0.6) is 0 Å². The Morgan fingerprint density at radius 3 is 2.50 bits per heavy atom. The van der Waals surface area contributed by atoms with E-state index in [4.69, 9.17) is 0 Å². The van der Waals surface area contributed by atoms with Crippen LogP contribution < -0.4 is 5.32 Å². The summed E-state index contributed by atoms with van der Waals surface area (Å²) in [6.07, 6.45) is -1.95. The topological polar surface area (TPSA) is 27.6 Å². The van der Waals surface area contributed by atoms with Gasteiger partial charge < -0.3 is 5.32 Å². The molecule has 1 atom stereocenters. The smallest absolute Gasteiger partial charge is 0.316 e. The van der Waals surface area contributed by atoms with Crippen molar-refractivity contribution in [1.82, 2.24) is 10.3 Å². The molecule has 3 nitrogen and oxygen atoms in total. The zero-order valence-electron chi connectivity index (χ0n) is 10.4. The number of hydrazone groups is 1. The minimum absolute atomic E-state index is 0.0307. The Balaban J connectivity index is 1.55. The molecule has 18 heavy (non-hydrogen) atoms. The number of alkyl halides is 3. The number of rotatable bonds is 2. The van der Waals surface area contributed by atoms with E-state index in [1.165, 1.54) is 0 Å². The van der Waals surface area contributed by atoms with Crippen LogP contribution in [0.2, 0.25) is 0 Å². The second-order valence-electron chi connectivity index (χ2n) is 6.10. The number of hydrogen-bond acceptors (Lipinski definition) is 3. The molecule has 1 N–H and O–H groups in total. The highest BCUT2D eigenvalue weighted by Gasteiger charge is 2.49. The number of hydrogen-bond donors (Lipinski definition) is 1. The minimum Gasteiger partial charge on any atom is -0.316 e. The van der Waals surface area contributed by atoms with E-state index < -0.39 is 11.9 Å². The van der Waals surface area contributed by atoms with Crippen molar-refractivity contribution in [3.63, 3.8) is 0 Å². The van der Waals surface area contributed by atoms with E-state index in [1.807, 2.05) is 6.92 Å². The molecule has 0 bridgehead atoms. The van der Waals surface area contributed by atoms with Gasteiger partial charge in [0, 0.05) is 32.1 Å². The third-order valence-electron chi connectivity index (χ3n) is 4.46. The van der Waals surface area contributed by atoms with Crippen LogP contribution in [-0.2, 0) is 0 Å². The fourth-order valence-electron chi connectivity index (χ4n) is 3.40. The summed E-state index contributed by atoms with van der Waals surface area (Å²) in [6, 6.07) is -0.113. The first-order valence-electron chi connectivity index (χ1n) is 6.50. The Morgan fingerprint density at radius 2 is 2.06 bits per heavy atom. The van der Waals surface area contributed by atoms with Crippen molar-refractivity contribution >= 4 is 5.71 Å². The zero-order chi connectivity index (χ0) is 13.0. The monoisotopic (exact) mass is 261 g/mol. The highest BCUT2D eigenvalue weighted by atomic mass is 19.4. The quantitative estimate of drug-likeness (QED) is 0.823. The Kier molecular flexibility index (Phi) is 2.63. The van der Waals surface area contributed by atoms with Crippen LogP contribution in [0.3, 0.4) is 0 Å². The first-order chi connectivity index (χ1) is 8.38. The highest BCUT2D eigenvalue weighted by Crippen LogP contribution is 2.49. The molecule has 0 aromatic carbocycles. The standard InChI is InChI=1S/C12H18F3N3/c1-8-2-10(12(13,14)15)17-18(8)5-9-3-11(4-9)6-16-7-11/h8-9,16H,2-7H2,1H3. The largest absolute Gasteiger partial charge is 0.431 e. The Hall–Kier alpha value is -0.780. The summed E-state index contributed by atoms with van der Waals surface area (Å²) in [5.74, 6) is 0.519. The van der Waals surface area contributed by atoms with Gasteiger partial charge in [0.25, 0.3) is 0 Å². The van der Waals surface area contributed by atoms with E-state index in [2.05, 4.69) is 10.4 Å². The molecule has 1 spiro atoms. The summed E-state index contributed by atoms with van der Waals surface area (Å²) in [4.78, 5) is 0. The van der Waals surface area contributed by atoms with Gasteiger partial charge in [0.2, 0.25) is 0 Å². The lowest BCUT2D eigenvalue weighted by atomic mass is 9.58. The Bertz CT molecular complexity index is 365. The normalized spacial score (nSPS) is 31.2. The zero-order valence-corrected chi connectivity index (χ0v) is 10.4. The molecule has 2 aliphatic heterocycles. The van der Waals surface area contributed by atoms with E-state index in [-0.39, 0.29) is 12.5 Å². The predicted octanol–water partition coefficient (Wildman–Crippen LogP) is 2.00. The van der Waals surface area contributed by atoms with E-state index in [0.717, 1.165) is 25.9 Å². The van der Waals surface area contributed by atoms with E-state index in [9.17, 15) is 13.2 Å². The maximum atomic E-state index is 12.6. The Labute approximate surface area is 104 Å². The summed E-state index contributed by atoms with van der Waals surface area (Å²) in [7, 11) is 0. The van der Waals surface area contributed by atoms with Gasteiger partial charge in [-0.25, -0.2) is 0 Å². The second kappa shape index (κ2) is 3.85. The van der Waals surface area contributed by atoms with Crippen LogP contribution in [-0.4, -0.2) is 42.6 Å². The van der Waals surface area contributed by atoms with E-state index >= 15 is 0 Å². The van der Waals surface area contributed by atoms with Crippen molar-refractivity contribution in [1.29, 1.82) is 0 Å². The molecule has 2 heterocycles. The third-order valence-corrected chi connectivity index (χ3v) is 4.46. The van der Waals surface area contributed by atoms with Crippen molar-refractivity contribution in [2.45, 2.75) is 38.4 Å². The molecular weight excluding hydrogens is 243 g/mol. The van der Waals surface area contributed by atoms with E-state index in [1.54, 1.807) is 5.01 Å². The molecular formula is C12H18F3N3. The first kappa shape index (κ1) is 12.3. The molecule has 2 fully saturated rings. The molecule has 3 rings (SSSR count). The maximum Gasteiger partial charge on any atom is 0.431 e. The van der Waals surface area contributed by atoms with Gasteiger partial charge >= 0.3 is 6.18 Å². The molecule has 1 aliphatic carbocycles. The fraction of sp³-hybridized carbons (Fsp3) is 0.917. The molecule has 0 radical (unpaired) electrons. The average Bonchev–Trinajstić information content (AvgIpc) is 2.49. The molecule has 1 saturated carbocycles. The Morgan fingerprint density at radius 1 is 1.39 bits per heavy atom. The van der Waals surface area contributed by atoms with E-state index in [0.29, 0.717) is 17.9 Å². The summed E-state index contributed by atoms with van der Waals surface area (Å²) < 4.78 is 37.7. The van der Waals surface area contributed by atoms with Gasteiger partial charge in [0.15, 0.2) is 0 Å². The van der Waals surface area contributed by atoms with Crippen molar-refractivity contribution < 1.29 is 13.2 Å². The molecule has 0 amide bonds. The summed E-state index contributed by atoms with van der Waals surface area (Å²) in [5.41, 5.74) is -0.140. The molecule has 0 aromatic heterocycles. The molecule has 6 heteroatoms. The van der Waals surface area contributed by atoms with Gasteiger partial charge in [0.1, 0.15) is 5.71 Å². The number of nitrogens with zero attached hydrogens (tertiary/aromatic N) is 2. The van der Waals surface area contributed by atoms with Crippen molar-refractivity contribution in [2.75, 3.05) is 19.6 Å². The molecule has 0 aromatic rings. The molecule has 1 saturated heterocycles. The summed E-state index contributed by atoms with van der Waals surface area (Å²) >= 11 is 0. The molecule has 1 unspecified atom stereocenters. The van der Waals surface area contributed by atoms with Crippen molar-refractivity contribution in [3.8, 4) is 0 Å². The highest BCUT2D eigenvalue weighted by molar-refractivity contribution is 5.91. The molecule has 3 aliphatic rings. The summed E-state index contributed by atoms with van der Waals surface area (Å²) in [5, 5.41) is 8.67. The lowest BCUT2D eigenvalue weighted by Gasteiger charge is -2.55. The van der Waals surface area contributed by atoms with Gasteiger partial charge in [-0.1, -0.05) is 0 Å². The first-order valence-corrected chi connectivity index (χ1v) is 6.50. The fourth-order valence-corrected chi connectivity index (χ4v) is 3.40. The van der Waals surface area contributed by atoms with Crippen LogP contribution in [0.15, 0.2) is 5.10 Å². The van der Waals surface area contributed by atoms with Crippen LogP contribution in [0, 0.1) is 11.3 Å². The van der Waals surface area contributed by atoms with Crippen LogP contribution in [0.1, 0.15) is 26.2 Å². The van der Waals surface area contributed by atoms with Gasteiger partial charge in [-0.2, -0.15) is 18.3 Å². The summed E-state index contributed by atoms with van der Waals surface area (Å²) in [6.45, 7) is 4.66. The maximum absolute atomic E-state index is 12.6. The lowest BCUT2D eigenvalue weighted by Crippen LogP contribution is -2.61. The van der Waals surface area contributed by atoms with Crippen LogP contribution in [0.4, 0.5) is 13.2 Å². The number of halogens is 3. The number of nitrogens with one attached hydrogen (secondary N) is 1. The minimum atomic E-state index is -4.26. The van der Waals surface area contributed by atoms with Gasteiger partial charge in [-0.3, -0.25) is 5.01 Å². The SMILES string of the molecule is CC1CC(C(F)(F)F)=NN1CC1CC2(CNC2)C1. The van der Waals surface area contributed by atoms with Gasteiger partial charge in [0.05, 0.1) is 0 Å². The third kappa shape index (κ3) is 2.00. The predicted molar refractivity (Wildman–Crippen MR) is 62.3 cm³/mol. The average molecular weight is 261 g/mol. The van der Waals surface area contributed by atoms with Crippen molar-refractivity contribution in [2.24, 2.45) is 16.4 Å². The van der Waals surface area contributed by atoms with Gasteiger partial charge in [-0.15, -0.1) is 0 Å². The van der Waals surface area contributed by atoms with Crippen LogP contribution in [0.25, 0.3) is 0 Å². The van der Waals surface area contributed by atoms with Gasteiger partial charge in [-0.05, 0) is 31.1 Å².